The van der Waals surface area contributed by atoms with Crippen LogP contribution >= 0.6 is 21.6 Å². The molecule has 3 nitrogen and oxygen atoms in total. The van der Waals surface area contributed by atoms with Gasteiger partial charge < -0.3 is 9.47 Å². The lowest BCUT2D eigenvalue weighted by molar-refractivity contribution is -0.154. The lowest BCUT2D eigenvalue weighted by Gasteiger charge is -2.21. The SMILES string of the molecule is O=C1CC(CCC#CCOC2CCCCO2)SS1. The molecule has 2 rings (SSSR count). The Labute approximate surface area is 116 Å². The minimum Gasteiger partial charge on any atom is -0.353 e. The fraction of sp³-hybridized carbons (Fsp3) is 0.769. The van der Waals surface area contributed by atoms with E-state index in [0.717, 1.165) is 32.3 Å². The van der Waals surface area contributed by atoms with Crippen LogP contribution in [0.25, 0.3) is 0 Å². The van der Waals surface area contributed by atoms with E-state index in [9.17, 15) is 4.79 Å². The van der Waals surface area contributed by atoms with Crippen LogP contribution in [0, 0.1) is 11.8 Å². The van der Waals surface area contributed by atoms with E-state index in [2.05, 4.69) is 11.8 Å². The minimum atomic E-state index is -0.0486. The lowest BCUT2D eigenvalue weighted by atomic mass is 10.2. The molecule has 0 amide bonds. The summed E-state index contributed by atoms with van der Waals surface area (Å²) in [5.74, 6) is 6.12. The Balaban J connectivity index is 1.51. The Bertz CT molecular complexity index is 329. The monoisotopic (exact) mass is 286 g/mol. The summed E-state index contributed by atoms with van der Waals surface area (Å²) in [5, 5.41) is 0.759. The van der Waals surface area contributed by atoms with E-state index in [1.807, 2.05) is 0 Å². The molecule has 0 saturated carbocycles. The van der Waals surface area contributed by atoms with Gasteiger partial charge in [0.25, 0.3) is 0 Å². The zero-order chi connectivity index (χ0) is 12.6. The van der Waals surface area contributed by atoms with Crippen molar-refractivity contribution in [1.82, 2.24) is 0 Å². The van der Waals surface area contributed by atoms with Crippen molar-refractivity contribution in [1.29, 1.82) is 0 Å². The Hall–Kier alpha value is -0.150. The van der Waals surface area contributed by atoms with Crippen molar-refractivity contribution in [3.8, 4) is 11.8 Å². The van der Waals surface area contributed by atoms with E-state index in [1.165, 1.54) is 17.2 Å². The van der Waals surface area contributed by atoms with Crippen LogP contribution in [0.2, 0.25) is 0 Å². The molecule has 5 heteroatoms. The predicted molar refractivity (Wildman–Crippen MR) is 75.1 cm³/mol. The fourth-order valence-corrected chi connectivity index (χ4v) is 4.35. The van der Waals surface area contributed by atoms with Crippen molar-refractivity contribution in [2.45, 2.75) is 50.1 Å². The van der Waals surface area contributed by atoms with Crippen LogP contribution in [0.3, 0.4) is 0 Å². The van der Waals surface area contributed by atoms with Gasteiger partial charge in [0.1, 0.15) is 6.61 Å². The molecule has 0 radical (unpaired) electrons. The zero-order valence-electron chi connectivity index (χ0n) is 10.4. The highest BCUT2D eigenvalue weighted by Crippen LogP contribution is 2.40. The van der Waals surface area contributed by atoms with Crippen molar-refractivity contribution >= 4 is 26.7 Å². The van der Waals surface area contributed by atoms with Crippen LogP contribution < -0.4 is 0 Å². The average molecular weight is 286 g/mol. The van der Waals surface area contributed by atoms with E-state index in [0.29, 0.717) is 23.4 Å². The third kappa shape index (κ3) is 5.23. The largest absolute Gasteiger partial charge is 0.353 e. The molecule has 0 aromatic carbocycles. The van der Waals surface area contributed by atoms with Gasteiger partial charge in [-0.3, -0.25) is 4.79 Å². The number of hydrogen-bond acceptors (Lipinski definition) is 5. The molecule has 2 fully saturated rings. The van der Waals surface area contributed by atoms with E-state index in [4.69, 9.17) is 9.47 Å². The third-order valence-corrected chi connectivity index (χ3v) is 5.65. The molecule has 2 atom stereocenters. The molecule has 2 saturated heterocycles. The first-order chi connectivity index (χ1) is 8.84. The Morgan fingerprint density at radius 1 is 1.39 bits per heavy atom. The second-order valence-corrected chi connectivity index (χ2v) is 6.94. The molecule has 18 heavy (non-hydrogen) atoms. The maximum atomic E-state index is 11.0. The van der Waals surface area contributed by atoms with E-state index in [-0.39, 0.29) is 6.29 Å². The molecule has 2 aliphatic heterocycles. The van der Waals surface area contributed by atoms with Gasteiger partial charge in [0.15, 0.2) is 6.29 Å². The fourth-order valence-electron chi connectivity index (χ4n) is 1.88. The predicted octanol–water partition coefficient (Wildman–Crippen LogP) is 2.99. The van der Waals surface area contributed by atoms with Crippen LogP contribution in [0.4, 0.5) is 0 Å². The molecule has 0 aromatic heterocycles. The highest BCUT2D eigenvalue weighted by Gasteiger charge is 2.23. The Morgan fingerprint density at radius 2 is 2.33 bits per heavy atom. The highest BCUT2D eigenvalue weighted by atomic mass is 33.1. The zero-order valence-corrected chi connectivity index (χ0v) is 12.0. The van der Waals surface area contributed by atoms with Crippen molar-refractivity contribution < 1.29 is 14.3 Å². The number of carbonyl (C=O) groups excluding carboxylic acids is 1. The van der Waals surface area contributed by atoms with Crippen LogP contribution in [-0.4, -0.2) is 29.9 Å². The van der Waals surface area contributed by atoms with Crippen molar-refractivity contribution in [2.75, 3.05) is 13.2 Å². The number of rotatable bonds is 4. The van der Waals surface area contributed by atoms with Crippen LogP contribution in [0.15, 0.2) is 0 Å². The van der Waals surface area contributed by atoms with Gasteiger partial charge in [-0.15, -0.1) is 5.92 Å². The van der Waals surface area contributed by atoms with E-state index in [1.54, 1.807) is 10.8 Å². The molecular formula is C13H18O3S2. The van der Waals surface area contributed by atoms with Gasteiger partial charge >= 0.3 is 0 Å². The molecule has 0 aromatic rings. The molecule has 2 unspecified atom stereocenters. The second kappa shape index (κ2) is 8.11. The molecule has 2 aliphatic rings. The quantitative estimate of drug-likeness (QED) is 0.586. The van der Waals surface area contributed by atoms with Gasteiger partial charge in [0, 0.05) is 24.7 Å². The maximum Gasteiger partial charge on any atom is 0.200 e. The first kappa shape index (κ1) is 14.3. The van der Waals surface area contributed by atoms with Gasteiger partial charge in [0.2, 0.25) is 5.12 Å². The first-order valence-corrected chi connectivity index (χ1v) is 8.61. The summed E-state index contributed by atoms with van der Waals surface area (Å²) < 4.78 is 11.0. The number of ether oxygens (including phenoxy) is 2. The summed E-state index contributed by atoms with van der Waals surface area (Å²) >= 11 is 0. The summed E-state index contributed by atoms with van der Waals surface area (Å²) in [6.07, 6.45) is 5.80. The topological polar surface area (TPSA) is 35.5 Å². The average Bonchev–Trinajstić information content (AvgIpc) is 2.81. The highest BCUT2D eigenvalue weighted by molar-refractivity contribution is 8.83. The summed E-state index contributed by atoms with van der Waals surface area (Å²) in [4.78, 5) is 11.0. The van der Waals surface area contributed by atoms with E-state index < -0.39 is 0 Å². The van der Waals surface area contributed by atoms with Crippen molar-refractivity contribution in [3.63, 3.8) is 0 Å². The molecular weight excluding hydrogens is 268 g/mol. The normalized spacial score (nSPS) is 27.9. The Morgan fingerprint density at radius 3 is 3.06 bits per heavy atom. The molecule has 0 aliphatic carbocycles. The van der Waals surface area contributed by atoms with Crippen LogP contribution in [0.1, 0.15) is 38.5 Å². The molecule has 0 N–H and O–H groups in total. The van der Waals surface area contributed by atoms with Crippen molar-refractivity contribution in [2.24, 2.45) is 0 Å². The van der Waals surface area contributed by atoms with Crippen molar-refractivity contribution in [3.05, 3.63) is 0 Å². The maximum absolute atomic E-state index is 11.0. The van der Waals surface area contributed by atoms with Gasteiger partial charge in [-0.2, -0.15) is 0 Å². The lowest BCUT2D eigenvalue weighted by Crippen LogP contribution is -2.22. The summed E-state index contributed by atoms with van der Waals surface area (Å²) in [5.41, 5.74) is 0. The summed E-state index contributed by atoms with van der Waals surface area (Å²) in [6.45, 7) is 1.26. The van der Waals surface area contributed by atoms with Gasteiger partial charge in [-0.05, 0) is 36.5 Å². The van der Waals surface area contributed by atoms with E-state index >= 15 is 0 Å². The summed E-state index contributed by atoms with van der Waals surface area (Å²) in [7, 11) is 3.07. The van der Waals surface area contributed by atoms with Gasteiger partial charge in [-0.25, -0.2) is 0 Å². The standard InChI is InChI=1S/C13H18O3S2/c14-12-10-11(17-18-12)6-2-1-4-8-15-13-7-3-5-9-16-13/h11,13H,2-3,5-10H2. The molecule has 0 bridgehead atoms. The third-order valence-electron chi connectivity index (χ3n) is 2.87. The second-order valence-electron chi connectivity index (χ2n) is 4.38. The smallest absolute Gasteiger partial charge is 0.200 e. The molecule has 2 heterocycles. The van der Waals surface area contributed by atoms with Gasteiger partial charge in [0.05, 0.1) is 0 Å². The van der Waals surface area contributed by atoms with Crippen LogP contribution in [-0.2, 0) is 14.3 Å². The minimum absolute atomic E-state index is 0.0486. The van der Waals surface area contributed by atoms with Gasteiger partial charge in [-0.1, -0.05) is 16.7 Å². The molecule has 100 valence electrons. The Kier molecular flexibility index (Phi) is 6.42. The van der Waals surface area contributed by atoms with Crippen LogP contribution in [0.5, 0.6) is 0 Å². The first-order valence-electron chi connectivity index (χ1n) is 6.39. The molecule has 0 spiro atoms. The summed E-state index contributed by atoms with van der Waals surface area (Å²) in [6, 6.07) is 0. The number of hydrogen-bond donors (Lipinski definition) is 0. The number of carbonyl (C=O) groups is 1.